The maximum atomic E-state index is 12.1. The summed E-state index contributed by atoms with van der Waals surface area (Å²) >= 11 is 5.86. The summed E-state index contributed by atoms with van der Waals surface area (Å²) in [6.45, 7) is 3.35. The van der Waals surface area contributed by atoms with E-state index < -0.39 is 16.1 Å². The molecule has 0 aliphatic heterocycles. The number of nitrogens with one attached hydrogen (secondary N) is 1. The monoisotopic (exact) mass is 292 g/mol. The molecule has 5 nitrogen and oxygen atoms in total. The molecule has 7 heteroatoms. The first-order valence-corrected chi connectivity index (χ1v) is 7.32. The van der Waals surface area contributed by atoms with Crippen LogP contribution in [0.2, 0.25) is 5.02 Å². The second kappa shape index (κ2) is 5.88. The third kappa shape index (κ3) is 3.58. The van der Waals surface area contributed by atoms with Gasteiger partial charge in [-0.1, -0.05) is 25.4 Å². The zero-order valence-electron chi connectivity index (χ0n) is 10.2. The van der Waals surface area contributed by atoms with Gasteiger partial charge in [-0.25, -0.2) is 13.1 Å². The summed E-state index contributed by atoms with van der Waals surface area (Å²) in [4.78, 5) is -0.0440. The Hall–Kier alpha value is -0.820. The van der Waals surface area contributed by atoms with Crippen LogP contribution in [0.5, 0.6) is 0 Å². The standard InChI is InChI=1S/C11H17ClN2O3S/c1-7(2)10(6-15)14-18(16,17)11-4-3-8(13)5-9(11)12/h3-5,7,10,14-15H,6,13H2,1-2H3/t10-/m1/s1. The minimum absolute atomic E-state index is 0.0302. The van der Waals surface area contributed by atoms with Gasteiger partial charge in [0.05, 0.1) is 11.6 Å². The molecule has 0 bridgehead atoms. The molecular weight excluding hydrogens is 276 g/mol. The zero-order valence-corrected chi connectivity index (χ0v) is 11.8. The van der Waals surface area contributed by atoms with Gasteiger partial charge in [-0.15, -0.1) is 0 Å². The highest BCUT2D eigenvalue weighted by molar-refractivity contribution is 7.89. The van der Waals surface area contributed by atoms with Crippen molar-refractivity contribution < 1.29 is 13.5 Å². The molecule has 0 aromatic heterocycles. The Morgan fingerprint density at radius 1 is 1.44 bits per heavy atom. The fraction of sp³-hybridized carbons (Fsp3) is 0.455. The maximum absolute atomic E-state index is 12.1. The third-order valence-electron chi connectivity index (χ3n) is 2.55. The first-order valence-electron chi connectivity index (χ1n) is 5.46. The number of aliphatic hydroxyl groups excluding tert-OH is 1. The second-order valence-electron chi connectivity index (χ2n) is 4.34. The van der Waals surface area contributed by atoms with E-state index in [9.17, 15) is 8.42 Å². The summed E-state index contributed by atoms with van der Waals surface area (Å²) in [7, 11) is -3.76. The molecular formula is C11H17ClN2O3S. The molecule has 0 aliphatic carbocycles. The minimum Gasteiger partial charge on any atom is -0.399 e. The van der Waals surface area contributed by atoms with Gasteiger partial charge in [0.1, 0.15) is 4.90 Å². The van der Waals surface area contributed by atoms with Crippen molar-refractivity contribution >= 4 is 27.3 Å². The number of benzene rings is 1. The third-order valence-corrected chi connectivity index (χ3v) is 4.53. The normalized spacial score (nSPS) is 13.8. The Morgan fingerprint density at radius 2 is 2.06 bits per heavy atom. The van der Waals surface area contributed by atoms with Gasteiger partial charge in [-0.2, -0.15) is 0 Å². The predicted molar refractivity (Wildman–Crippen MR) is 71.9 cm³/mol. The molecule has 18 heavy (non-hydrogen) atoms. The van der Waals surface area contributed by atoms with Crippen LogP contribution < -0.4 is 10.5 Å². The van der Waals surface area contributed by atoms with Crippen LogP contribution in [0.4, 0.5) is 5.69 Å². The summed E-state index contributed by atoms with van der Waals surface area (Å²) in [5, 5.41) is 9.20. The van der Waals surface area contributed by atoms with Crippen molar-refractivity contribution in [1.29, 1.82) is 0 Å². The van der Waals surface area contributed by atoms with E-state index in [4.69, 9.17) is 22.4 Å². The van der Waals surface area contributed by atoms with Crippen molar-refractivity contribution in [3.8, 4) is 0 Å². The molecule has 1 aromatic carbocycles. The number of anilines is 1. The minimum atomic E-state index is -3.76. The van der Waals surface area contributed by atoms with Gasteiger partial charge in [0.2, 0.25) is 10.0 Å². The van der Waals surface area contributed by atoms with Gasteiger partial charge >= 0.3 is 0 Å². The molecule has 0 radical (unpaired) electrons. The molecule has 0 amide bonds. The number of hydrogen-bond donors (Lipinski definition) is 3. The van der Waals surface area contributed by atoms with Crippen LogP contribution in [0.3, 0.4) is 0 Å². The largest absolute Gasteiger partial charge is 0.399 e. The summed E-state index contributed by atoms with van der Waals surface area (Å²) < 4.78 is 26.6. The average molecular weight is 293 g/mol. The SMILES string of the molecule is CC(C)[C@@H](CO)NS(=O)(=O)c1ccc(N)cc1Cl. The number of hydrogen-bond acceptors (Lipinski definition) is 4. The number of sulfonamides is 1. The lowest BCUT2D eigenvalue weighted by Gasteiger charge is -2.20. The molecule has 0 heterocycles. The molecule has 0 aliphatic rings. The lowest BCUT2D eigenvalue weighted by atomic mass is 10.1. The lowest BCUT2D eigenvalue weighted by Crippen LogP contribution is -2.41. The number of rotatable bonds is 5. The number of halogens is 1. The highest BCUT2D eigenvalue weighted by atomic mass is 35.5. The van der Waals surface area contributed by atoms with Crippen LogP contribution in [0.1, 0.15) is 13.8 Å². The van der Waals surface area contributed by atoms with Crippen molar-refractivity contribution in [2.75, 3.05) is 12.3 Å². The fourth-order valence-corrected chi connectivity index (χ4v) is 3.31. The predicted octanol–water partition coefficient (Wildman–Crippen LogP) is 1.22. The Labute approximate surface area is 112 Å². The van der Waals surface area contributed by atoms with Gasteiger partial charge in [-0.05, 0) is 24.1 Å². The zero-order chi connectivity index (χ0) is 13.9. The van der Waals surface area contributed by atoms with Crippen LogP contribution in [-0.2, 0) is 10.0 Å². The molecule has 0 spiro atoms. The molecule has 0 saturated heterocycles. The molecule has 0 saturated carbocycles. The van der Waals surface area contributed by atoms with Gasteiger partial charge in [0.25, 0.3) is 0 Å². The van der Waals surface area contributed by atoms with E-state index >= 15 is 0 Å². The summed E-state index contributed by atoms with van der Waals surface area (Å²) in [5.74, 6) is -0.0302. The molecule has 1 aromatic rings. The Balaban J connectivity index is 3.06. The summed E-state index contributed by atoms with van der Waals surface area (Å²) in [6.07, 6.45) is 0. The maximum Gasteiger partial charge on any atom is 0.242 e. The molecule has 1 atom stereocenters. The first kappa shape index (κ1) is 15.2. The van der Waals surface area contributed by atoms with Gasteiger partial charge < -0.3 is 10.8 Å². The van der Waals surface area contributed by atoms with Crippen LogP contribution in [-0.4, -0.2) is 26.2 Å². The van der Waals surface area contributed by atoms with Gasteiger partial charge in [0.15, 0.2) is 0 Å². The summed E-state index contributed by atoms with van der Waals surface area (Å²) in [6, 6.07) is 3.63. The fourth-order valence-electron chi connectivity index (χ4n) is 1.38. The van der Waals surface area contributed by atoms with E-state index in [1.807, 2.05) is 13.8 Å². The smallest absolute Gasteiger partial charge is 0.242 e. The second-order valence-corrected chi connectivity index (χ2v) is 6.43. The van der Waals surface area contributed by atoms with Crippen molar-refractivity contribution in [3.05, 3.63) is 23.2 Å². The molecule has 4 N–H and O–H groups in total. The van der Waals surface area contributed by atoms with E-state index in [0.717, 1.165) is 0 Å². The molecule has 1 rings (SSSR count). The molecule has 0 unspecified atom stereocenters. The van der Waals surface area contributed by atoms with Crippen LogP contribution >= 0.6 is 11.6 Å². The van der Waals surface area contributed by atoms with E-state index in [0.29, 0.717) is 5.69 Å². The van der Waals surface area contributed by atoms with Crippen LogP contribution in [0.25, 0.3) is 0 Å². The topological polar surface area (TPSA) is 92.4 Å². The van der Waals surface area contributed by atoms with Crippen molar-refractivity contribution in [3.63, 3.8) is 0 Å². The highest BCUT2D eigenvalue weighted by Gasteiger charge is 2.23. The first-order chi connectivity index (χ1) is 8.27. The summed E-state index contributed by atoms with van der Waals surface area (Å²) in [5.41, 5.74) is 5.90. The molecule has 102 valence electrons. The van der Waals surface area contributed by atoms with Gasteiger partial charge in [0, 0.05) is 11.7 Å². The van der Waals surface area contributed by atoms with Crippen molar-refractivity contribution in [2.24, 2.45) is 5.92 Å². The molecule has 0 fully saturated rings. The van der Waals surface area contributed by atoms with Crippen LogP contribution in [0.15, 0.2) is 23.1 Å². The van der Waals surface area contributed by atoms with Crippen molar-refractivity contribution in [2.45, 2.75) is 24.8 Å². The number of nitrogens with two attached hydrogens (primary N) is 1. The quantitative estimate of drug-likeness (QED) is 0.712. The van der Waals surface area contributed by atoms with E-state index in [1.165, 1.54) is 18.2 Å². The van der Waals surface area contributed by atoms with E-state index in [-0.39, 0.29) is 22.4 Å². The number of aliphatic hydroxyl groups is 1. The Morgan fingerprint density at radius 3 is 2.50 bits per heavy atom. The Bertz CT molecular complexity index is 517. The average Bonchev–Trinajstić information content (AvgIpc) is 2.24. The Kier molecular flexibility index (Phi) is 4.98. The van der Waals surface area contributed by atoms with E-state index in [1.54, 1.807) is 0 Å². The van der Waals surface area contributed by atoms with Gasteiger partial charge in [-0.3, -0.25) is 0 Å². The number of nitrogen functional groups attached to an aromatic ring is 1. The lowest BCUT2D eigenvalue weighted by molar-refractivity contribution is 0.227. The van der Waals surface area contributed by atoms with Crippen molar-refractivity contribution in [1.82, 2.24) is 4.72 Å². The highest BCUT2D eigenvalue weighted by Crippen LogP contribution is 2.24. The van der Waals surface area contributed by atoms with E-state index in [2.05, 4.69) is 4.72 Å². The van der Waals surface area contributed by atoms with Crippen LogP contribution in [0, 0.1) is 5.92 Å².